The fourth-order valence-electron chi connectivity index (χ4n) is 2.41. The van der Waals surface area contributed by atoms with Crippen LogP contribution in [0.15, 0.2) is 4.99 Å². The number of fused-ring (bicyclic) bond motifs is 1. The number of halogens is 3. The van der Waals surface area contributed by atoms with E-state index in [-0.39, 0.29) is 0 Å². The summed E-state index contributed by atoms with van der Waals surface area (Å²) < 4.78 is 49.9. The summed E-state index contributed by atoms with van der Waals surface area (Å²) in [5, 5.41) is 20.8. The molecule has 2 aliphatic heterocycles. The zero-order valence-electron chi connectivity index (χ0n) is 12.5. The Hall–Kier alpha value is -0.550. The zero-order valence-corrected chi connectivity index (χ0v) is 13.4. The molecule has 0 amide bonds. The Morgan fingerprint density at radius 1 is 1.27 bits per heavy atom. The fraction of sp³-hybridized carbons (Fsp3) is 0.917. The van der Waals surface area contributed by atoms with Crippen LogP contribution in [0.2, 0.25) is 0 Å². The lowest BCUT2D eigenvalue weighted by atomic mass is 9.86. The second-order valence-corrected chi connectivity index (χ2v) is 6.70. The van der Waals surface area contributed by atoms with E-state index in [1.165, 1.54) is 0 Å². The molecule has 2 heterocycles. The van der Waals surface area contributed by atoms with E-state index in [4.69, 9.17) is 4.74 Å². The zero-order chi connectivity index (χ0) is 16.9. The van der Waals surface area contributed by atoms with Gasteiger partial charge in [0, 0.05) is 21.2 Å². The summed E-state index contributed by atoms with van der Waals surface area (Å²) in [7, 11) is 4.34. The van der Waals surface area contributed by atoms with E-state index in [1.807, 2.05) is 0 Å². The maximum Gasteiger partial charge on any atom is 0.419 e. The highest BCUT2D eigenvalue weighted by Crippen LogP contribution is 2.45. The Morgan fingerprint density at radius 2 is 1.86 bits per heavy atom. The number of amidine groups is 1. The molecule has 10 heteroatoms. The minimum atomic E-state index is -4.77. The first-order valence-electron chi connectivity index (χ1n) is 6.58. The van der Waals surface area contributed by atoms with Crippen LogP contribution in [0.5, 0.6) is 0 Å². The fourth-order valence-corrected chi connectivity index (χ4v) is 3.55. The second-order valence-electron chi connectivity index (χ2n) is 5.63. The van der Waals surface area contributed by atoms with Crippen molar-refractivity contribution in [2.45, 2.75) is 48.5 Å². The highest BCUT2D eigenvalue weighted by Gasteiger charge is 2.64. The number of ether oxygens (including phenoxy) is 2. The number of rotatable bonds is 2. The average Bonchev–Trinajstić information content (AvgIpc) is 2.85. The molecule has 22 heavy (non-hydrogen) atoms. The third-order valence-electron chi connectivity index (χ3n) is 3.96. The van der Waals surface area contributed by atoms with Gasteiger partial charge < -0.3 is 24.6 Å². The lowest BCUT2D eigenvalue weighted by molar-refractivity contribution is -0.325. The van der Waals surface area contributed by atoms with Gasteiger partial charge in [-0.3, -0.25) is 4.99 Å². The van der Waals surface area contributed by atoms with Crippen molar-refractivity contribution in [3.63, 3.8) is 0 Å². The van der Waals surface area contributed by atoms with Crippen LogP contribution in [0.4, 0.5) is 13.2 Å². The minimum Gasteiger partial charge on any atom is -0.388 e. The van der Waals surface area contributed by atoms with Gasteiger partial charge in [-0.1, -0.05) is 11.8 Å². The Bertz CT molecular complexity index is 462. The van der Waals surface area contributed by atoms with Crippen molar-refractivity contribution < 1.29 is 32.9 Å². The number of aliphatic hydroxyl groups excluding tert-OH is 2. The number of thioether (sulfide) groups is 1. The van der Waals surface area contributed by atoms with E-state index in [1.54, 1.807) is 19.0 Å². The van der Waals surface area contributed by atoms with Gasteiger partial charge in [0.1, 0.15) is 29.8 Å². The number of hydrogen-bond donors (Lipinski definition) is 2. The van der Waals surface area contributed by atoms with Crippen LogP contribution in [0.1, 0.15) is 6.92 Å². The number of aliphatic hydroxyl groups is 2. The molecule has 1 saturated heterocycles. The molecule has 0 aromatic carbocycles. The van der Waals surface area contributed by atoms with Gasteiger partial charge in [-0.25, -0.2) is 0 Å². The smallest absolute Gasteiger partial charge is 0.388 e. The van der Waals surface area contributed by atoms with Gasteiger partial charge in [0.2, 0.25) is 0 Å². The number of hydrogen-bond acceptors (Lipinski definition) is 7. The lowest BCUT2D eigenvalue weighted by Crippen LogP contribution is -2.66. The van der Waals surface area contributed by atoms with Crippen LogP contribution in [-0.2, 0) is 9.47 Å². The molecular weight excluding hydrogens is 325 g/mol. The molecule has 6 nitrogen and oxygen atoms in total. The third kappa shape index (κ3) is 2.71. The van der Waals surface area contributed by atoms with Crippen molar-refractivity contribution in [2.75, 3.05) is 21.2 Å². The maximum atomic E-state index is 13.3. The first-order valence-corrected chi connectivity index (χ1v) is 7.46. The standard InChI is InChI=1S/C12H19F3N2O4S/c1-11(20-4,12(13,14)15)8-7(19)6(18)5-9(21-8)22-10(16-5)17(2)3/h5-9,18-19H,1-4H3/t5-,6-,7+,8?,9-,11?/m1/s1. The highest BCUT2D eigenvalue weighted by atomic mass is 32.2. The first kappa shape index (κ1) is 17.8. The summed E-state index contributed by atoms with van der Waals surface area (Å²) in [5.74, 6) is 0. The maximum absolute atomic E-state index is 13.3. The summed E-state index contributed by atoms with van der Waals surface area (Å²) >= 11 is 1.11. The number of methoxy groups -OCH3 is 1. The molecule has 0 aliphatic carbocycles. The topological polar surface area (TPSA) is 74.5 Å². The molecule has 128 valence electrons. The summed E-state index contributed by atoms with van der Waals surface area (Å²) in [5.41, 5.74) is -3.54. The van der Waals surface area contributed by atoms with E-state index in [0.29, 0.717) is 5.17 Å². The first-order chi connectivity index (χ1) is 10.0. The van der Waals surface area contributed by atoms with Crippen LogP contribution in [0.25, 0.3) is 0 Å². The molecule has 0 aromatic rings. The van der Waals surface area contributed by atoms with Gasteiger partial charge in [0.05, 0.1) is 0 Å². The van der Waals surface area contributed by atoms with Gasteiger partial charge in [0.15, 0.2) is 10.8 Å². The third-order valence-corrected chi connectivity index (χ3v) is 5.27. The molecule has 0 bridgehead atoms. The summed E-state index contributed by atoms with van der Waals surface area (Å²) in [6.07, 6.45) is -9.75. The Labute approximate surface area is 130 Å². The van der Waals surface area contributed by atoms with Gasteiger partial charge in [-0.05, 0) is 6.92 Å². The van der Waals surface area contributed by atoms with E-state index in [2.05, 4.69) is 9.73 Å². The number of aliphatic imine (C=N–C) groups is 1. The summed E-state index contributed by atoms with van der Waals surface area (Å²) in [6.45, 7) is 0.793. The summed E-state index contributed by atoms with van der Waals surface area (Å²) in [4.78, 5) is 5.86. The molecule has 2 N–H and O–H groups in total. The quantitative estimate of drug-likeness (QED) is 0.757. The van der Waals surface area contributed by atoms with Crippen LogP contribution in [0, 0.1) is 0 Å². The molecule has 2 unspecified atom stereocenters. The van der Waals surface area contributed by atoms with Crippen molar-refractivity contribution in [1.29, 1.82) is 0 Å². The van der Waals surface area contributed by atoms with Crippen LogP contribution in [-0.4, -0.2) is 83.1 Å². The average molecular weight is 344 g/mol. The van der Waals surface area contributed by atoms with Crippen LogP contribution >= 0.6 is 11.8 Å². The minimum absolute atomic E-state index is 0.521. The SMILES string of the molecule is COC(C)(C1O[C@@H]2SC(N(C)C)=N[C@@H]2[C@@H](O)[C@@H]1O)C(F)(F)F. The van der Waals surface area contributed by atoms with E-state index >= 15 is 0 Å². The number of nitrogens with zero attached hydrogens (tertiary/aromatic N) is 2. The highest BCUT2D eigenvalue weighted by molar-refractivity contribution is 8.14. The molecular formula is C12H19F3N2O4S. The van der Waals surface area contributed by atoms with E-state index < -0.39 is 41.6 Å². The van der Waals surface area contributed by atoms with Crippen molar-refractivity contribution in [3.05, 3.63) is 0 Å². The van der Waals surface area contributed by atoms with Gasteiger partial charge in [-0.15, -0.1) is 0 Å². The predicted molar refractivity (Wildman–Crippen MR) is 74.6 cm³/mol. The van der Waals surface area contributed by atoms with Crippen LogP contribution in [0.3, 0.4) is 0 Å². The Balaban J connectivity index is 2.29. The molecule has 0 saturated carbocycles. The molecule has 2 rings (SSSR count). The largest absolute Gasteiger partial charge is 0.419 e. The lowest BCUT2D eigenvalue weighted by Gasteiger charge is -2.46. The Morgan fingerprint density at radius 3 is 2.32 bits per heavy atom. The molecule has 1 fully saturated rings. The predicted octanol–water partition coefficient (Wildman–Crippen LogP) is 0.433. The Kier molecular flexibility index (Phi) is 4.71. The molecule has 2 aliphatic rings. The monoisotopic (exact) mass is 344 g/mol. The number of alkyl halides is 3. The molecule has 0 spiro atoms. The summed E-state index contributed by atoms with van der Waals surface area (Å²) in [6, 6.07) is -0.817. The van der Waals surface area contributed by atoms with Crippen molar-refractivity contribution in [1.82, 2.24) is 4.90 Å². The second kappa shape index (κ2) is 5.82. The van der Waals surface area contributed by atoms with E-state index in [9.17, 15) is 23.4 Å². The van der Waals surface area contributed by atoms with Gasteiger partial charge >= 0.3 is 6.18 Å². The van der Waals surface area contributed by atoms with Gasteiger partial charge in [-0.2, -0.15) is 13.2 Å². The van der Waals surface area contributed by atoms with Crippen molar-refractivity contribution >= 4 is 16.9 Å². The molecule has 6 atom stereocenters. The van der Waals surface area contributed by atoms with Crippen molar-refractivity contribution in [2.24, 2.45) is 4.99 Å². The molecule has 0 radical (unpaired) electrons. The van der Waals surface area contributed by atoms with Gasteiger partial charge in [0.25, 0.3) is 0 Å². The van der Waals surface area contributed by atoms with E-state index in [0.717, 1.165) is 25.8 Å². The molecule has 0 aromatic heterocycles. The van der Waals surface area contributed by atoms with Crippen LogP contribution < -0.4 is 0 Å². The normalized spacial score (nSPS) is 38.2. The van der Waals surface area contributed by atoms with Crippen molar-refractivity contribution in [3.8, 4) is 0 Å².